The van der Waals surface area contributed by atoms with Crippen LogP contribution in [0.2, 0.25) is 0 Å². The van der Waals surface area contributed by atoms with E-state index in [1.807, 2.05) is 18.2 Å². The molecule has 0 saturated heterocycles. The van der Waals surface area contributed by atoms with E-state index in [-0.39, 0.29) is 0 Å². The molecule has 0 spiro atoms. The Morgan fingerprint density at radius 1 is 1.33 bits per heavy atom. The summed E-state index contributed by atoms with van der Waals surface area (Å²) in [6, 6.07) is 5.64. The summed E-state index contributed by atoms with van der Waals surface area (Å²) in [5, 5.41) is 0. The minimum absolute atomic E-state index is 0.400. The number of rotatable bonds is 3. The van der Waals surface area contributed by atoms with E-state index in [9.17, 15) is 0 Å². The minimum Gasteiger partial charge on any atom is -0.440 e. The molecule has 0 aliphatic rings. The van der Waals surface area contributed by atoms with Crippen LogP contribution in [0.4, 0.5) is 5.69 Å². The first kappa shape index (κ1) is 10.0. The lowest BCUT2D eigenvalue weighted by molar-refractivity contribution is 0.453. The number of hydrogen-bond donors (Lipinski definition) is 1. The van der Waals surface area contributed by atoms with Gasteiger partial charge in [-0.05, 0) is 25.0 Å². The highest BCUT2D eigenvalue weighted by Crippen LogP contribution is 2.28. The van der Waals surface area contributed by atoms with Gasteiger partial charge in [0.05, 0.1) is 5.69 Å². The summed E-state index contributed by atoms with van der Waals surface area (Å²) in [6.07, 6.45) is 2.09. The lowest BCUT2D eigenvalue weighted by Crippen LogP contribution is -1.95. The maximum Gasteiger partial charge on any atom is 0.198 e. The monoisotopic (exact) mass is 204 g/mol. The van der Waals surface area contributed by atoms with Gasteiger partial charge in [-0.1, -0.05) is 19.9 Å². The van der Waals surface area contributed by atoms with Gasteiger partial charge in [-0.2, -0.15) is 0 Å². The number of oxazole rings is 1. The van der Waals surface area contributed by atoms with Gasteiger partial charge in [0.25, 0.3) is 0 Å². The summed E-state index contributed by atoms with van der Waals surface area (Å²) in [5.41, 5.74) is 8.10. The average Bonchev–Trinajstić information content (AvgIpc) is 2.65. The van der Waals surface area contributed by atoms with Crippen LogP contribution in [0.25, 0.3) is 11.1 Å². The van der Waals surface area contributed by atoms with Crippen molar-refractivity contribution in [1.29, 1.82) is 0 Å². The number of hydrogen-bond acceptors (Lipinski definition) is 3. The zero-order valence-electron chi connectivity index (χ0n) is 9.16. The third-order valence-electron chi connectivity index (χ3n) is 2.80. The molecule has 0 aliphatic heterocycles. The highest BCUT2D eigenvalue weighted by molar-refractivity contribution is 5.85. The van der Waals surface area contributed by atoms with Crippen LogP contribution >= 0.6 is 0 Å². The molecule has 1 aromatic carbocycles. The first-order valence-corrected chi connectivity index (χ1v) is 5.41. The normalized spacial score (nSPS) is 11.4. The van der Waals surface area contributed by atoms with Crippen molar-refractivity contribution in [2.24, 2.45) is 0 Å². The maximum atomic E-state index is 5.83. The highest BCUT2D eigenvalue weighted by Gasteiger charge is 2.15. The molecule has 2 aromatic rings. The molecule has 0 bridgehead atoms. The van der Waals surface area contributed by atoms with E-state index in [1.54, 1.807) is 0 Å². The highest BCUT2D eigenvalue weighted by atomic mass is 16.3. The fraction of sp³-hybridized carbons (Fsp3) is 0.417. The quantitative estimate of drug-likeness (QED) is 0.780. The first-order valence-electron chi connectivity index (χ1n) is 5.41. The van der Waals surface area contributed by atoms with Crippen LogP contribution in [-0.2, 0) is 0 Å². The molecule has 1 aromatic heterocycles. The first-order chi connectivity index (χ1) is 7.26. The molecule has 0 fully saturated rings. The number of nitrogens with zero attached hydrogens (tertiary/aromatic N) is 1. The van der Waals surface area contributed by atoms with Crippen LogP contribution in [-0.4, -0.2) is 4.98 Å². The molecule has 2 rings (SSSR count). The second-order valence-corrected chi connectivity index (χ2v) is 3.76. The van der Waals surface area contributed by atoms with Gasteiger partial charge in [-0.25, -0.2) is 4.98 Å². The summed E-state index contributed by atoms with van der Waals surface area (Å²) >= 11 is 0. The van der Waals surface area contributed by atoms with E-state index in [0.29, 0.717) is 11.6 Å². The molecular formula is C12H16N2O. The molecule has 3 nitrogen and oxygen atoms in total. The van der Waals surface area contributed by atoms with Crippen molar-refractivity contribution in [2.45, 2.75) is 32.6 Å². The van der Waals surface area contributed by atoms with Crippen LogP contribution < -0.4 is 5.73 Å². The fourth-order valence-corrected chi connectivity index (χ4v) is 1.80. The van der Waals surface area contributed by atoms with Crippen LogP contribution in [0, 0.1) is 0 Å². The van der Waals surface area contributed by atoms with Crippen molar-refractivity contribution in [3.05, 3.63) is 24.1 Å². The zero-order chi connectivity index (χ0) is 10.8. The fourth-order valence-electron chi connectivity index (χ4n) is 1.80. The van der Waals surface area contributed by atoms with E-state index in [1.165, 1.54) is 0 Å². The number of para-hydroxylation sites is 1. The van der Waals surface area contributed by atoms with Crippen LogP contribution in [0.15, 0.2) is 22.6 Å². The van der Waals surface area contributed by atoms with Crippen molar-refractivity contribution in [1.82, 2.24) is 4.98 Å². The van der Waals surface area contributed by atoms with E-state index in [2.05, 4.69) is 18.8 Å². The van der Waals surface area contributed by atoms with Crippen molar-refractivity contribution >= 4 is 16.8 Å². The summed E-state index contributed by atoms with van der Waals surface area (Å²) in [7, 11) is 0. The largest absolute Gasteiger partial charge is 0.440 e. The molecule has 2 N–H and O–H groups in total. The number of benzene rings is 1. The van der Waals surface area contributed by atoms with Gasteiger partial charge in [0.1, 0.15) is 5.52 Å². The molecule has 0 amide bonds. The molecule has 80 valence electrons. The van der Waals surface area contributed by atoms with Crippen LogP contribution in [0.5, 0.6) is 0 Å². The summed E-state index contributed by atoms with van der Waals surface area (Å²) in [5.74, 6) is 1.21. The SMILES string of the molecule is CCC(CC)c1nc2c(N)cccc2o1. The van der Waals surface area contributed by atoms with Crippen molar-refractivity contribution in [3.8, 4) is 0 Å². The lowest BCUT2D eigenvalue weighted by atomic mass is 10.0. The van der Waals surface area contributed by atoms with Crippen LogP contribution in [0.1, 0.15) is 38.5 Å². The molecule has 0 unspecified atom stereocenters. The molecule has 0 aliphatic carbocycles. The number of aromatic nitrogens is 1. The molecule has 3 heteroatoms. The topological polar surface area (TPSA) is 52.0 Å². The lowest BCUT2D eigenvalue weighted by Gasteiger charge is -2.05. The van der Waals surface area contributed by atoms with E-state index < -0.39 is 0 Å². The smallest absolute Gasteiger partial charge is 0.198 e. The molecular weight excluding hydrogens is 188 g/mol. The summed E-state index contributed by atoms with van der Waals surface area (Å²) in [4.78, 5) is 4.46. The van der Waals surface area contributed by atoms with Crippen molar-refractivity contribution in [2.75, 3.05) is 5.73 Å². The Balaban J connectivity index is 2.51. The Kier molecular flexibility index (Phi) is 2.62. The van der Waals surface area contributed by atoms with E-state index in [0.717, 1.165) is 29.8 Å². The Morgan fingerprint density at radius 3 is 2.67 bits per heavy atom. The third kappa shape index (κ3) is 1.69. The third-order valence-corrected chi connectivity index (χ3v) is 2.80. The number of anilines is 1. The minimum atomic E-state index is 0.400. The van der Waals surface area contributed by atoms with Gasteiger partial charge < -0.3 is 10.2 Å². The van der Waals surface area contributed by atoms with E-state index >= 15 is 0 Å². The molecule has 0 atom stereocenters. The zero-order valence-corrected chi connectivity index (χ0v) is 9.16. The molecule has 0 saturated carbocycles. The van der Waals surface area contributed by atoms with Gasteiger partial charge in [0.2, 0.25) is 0 Å². The Bertz CT molecular complexity index is 458. The van der Waals surface area contributed by atoms with Crippen LogP contribution in [0.3, 0.4) is 0 Å². The predicted molar refractivity (Wildman–Crippen MR) is 61.7 cm³/mol. The summed E-state index contributed by atoms with van der Waals surface area (Å²) in [6.45, 7) is 4.29. The summed E-state index contributed by atoms with van der Waals surface area (Å²) < 4.78 is 5.70. The number of fused-ring (bicyclic) bond motifs is 1. The number of nitrogens with two attached hydrogens (primary N) is 1. The van der Waals surface area contributed by atoms with Gasteiger partial charge >= 0.3 is 0 Å². The Morgan fingerprint density at radius 2 is 2.07 bits per heavy atom. The molecule has 1 heterocycles. The van der Waals surface area contributed by atoms with E-state index in [4.69, 9.17) is 10.2 Å². The predicted octanol–water partition coefficient (Wildman–Crippen LogP) is 3.31. The second kappa shape index (κ2) is 3.93. The maximum absolute atomic E-state index is 5.83. The van der Waals surface area contributed by atoms with Gasteiger partial charge in [0.15, 0.2) is 11.5 Å². The van der Waals surface area contributed by atoms with Crippen molar-refractivity contribution in [3.63, 3.8) is 0 Å². The molecule has 0 radical (unpaired) electrons. The molecule has 15 heavy (non-hydrogen) atoms. The standard InChI is InChI=1S/C12H16N2O/c1-3-8(4-2)12-14-11-9(13)6-5-7-10(11)15-12/h5-8H,3-4,13H2,1-2H3. The van der Waals surface area contributed by atoms with Crippen molar-refractivity contribution < 1.29 is 4.42 Å². The Hall–Kier alpha value is -1.51. The van der Waals surface area contributed by atoms with Gasteiger partial charge in [-0.3, -0.25) is 0 Å². The number of nitrogen functional groups attached to an aromatic ring is 1. The average molecular weight is 204 g/mol. The Labute approximate surface area is 89.3 Å². The van der Waals surface area contributed by atoms with Gasteiger partial charge in [0, 0.05) is 5.92 Å². The second-order valence-electron chi connectivity index (χ2n) is 3.76. The van der Waals surface area contributed by atoms with Gasteiger partial charge in [-0.15, -0.1) is 0 Å².